The highest BCUT2D eigenvalue weighted by Crippen LogP contribution is 2.03. The molecule has 1 aliphatic heterocycles. The van der Waals surface area contributed by atoms with Crippen LogP contribution in [0.25, 0.3) is 0 Å². The summed E-state index contributed by atoms with van der Waals surface area (Å²) in [4.78, 5) is 2.45. The van der Waals surface area contributed by atoms with Gasteiger partial charge in [-0.15, -0.1) is 0 Å². The number of hydrogen-bond acceptors (Lipinski definition) is 3. The van der Waals surface area contributed by atoms with E-state index in [9.17, 15) is 0 Å². The van der Waals surface area contributed by atoms with Gasteiger partial charge >= 0.3 is 0 Å². The molecule has 1 saturated heterocycles. The van der Waals surface area contributed by atoms with Gasteiger partial charge in [0, 0.05) is 32.1 Å². The molecule has 0 aromatic carbocycles. The summed E-state index contributed by atoms with van der Waals surface area (Å²) in [5.41, 5.74) is 0. The highest BCUT2D eigenvalue weighted by molar-refractivity contribution is 4.77. The molecule has 1 aliphatic rings. The van der Waals surface area contributed by atoms with E-state index in [1.807, 2.05) is 0 Å². The van der Waals surface area contributed by atoms with Gasteiger partial charge in [0.1, 0.15) is 0 Å². The number of nitrogens with one attached hydrogen (secondary N) is 1. The summed E-state index contributed by atoms with van der Waals surface area (Å²) >= 11 is 0. The van der Waals surface area contributed by atoms with Crippen LogP contribution in [0.1, 0.15) is 19.8 Å². The summed E-state index contributed by atoms with van der Waals surface area (Å²) in [6, 6.07) is 2.82. The van der Waals surface area contributed by atoms with Crippen molar-refractivity contribution in [3.63, 3.8) is 0 Å². The van der Waals surface area contributed by atoms with Crippen molar-refractivity contribution in [3.8, 4) is 6.07 Å². The molecule has 1 rings (SSSR count). The lowest BCUT2D eigenvalue weighted by Crippen LogP contribution is -2.49. The molecule has 3 heteroatoms. The van der Waals surface area contributed by atoms with Crippen LogP contribution in [0.3, 0.4) is 0 Å². The minimum atomic E-state index is 0.637. The standard InChI is InChI=1S/C9H17N3/c1-9-8-11-5-7-12(9)6-3-2-4-10/h9,11H,2-3,5-8H2,1H3/t9-/m1/s1. The molecular weight excluding hydrogens is 150 g/mol. The van der Waals surface area contributed by atoms with Crippen molar-refractivity contribution in [2.75, 3.05) is 26.2 Å². The largest absolute Gasteiger partial charge is 0.314 e. The van der Waals surface area contributed by atoms with Crippen LogP contribution < -0.4 is 5.32 Å². The number of unbranched alkanes of at least 4 members (excludes halogenated alkanes) is 1. The first kappa shape index (κ1) is 9.50. The first-order chi connectivity index (χ1) is 5.84. The molecule has 0 radical (unpaired) electrons. The summed E-state index contributed by atoms with van der Waals surface area (Å²) in [5, 5.41) is 11.7. The van der Waals surface area contributed by atoms with Crippen molar-refractivity contribution < 1.29 is 0 Å². The lowest BCUT2D eigenvalue weighted by molar-refractivity contribution is 0.172. The normalized spacial score (nSPS) is 25.2. The number of nitrogens with zero attached hydrogens (tertiary/aromatic N) is 2. The lowest BCUT2D eigenvalue weighted by atomic mass is 10.2. The van der Waals surface area contributed by atoms with Gasteiger partial charge in [-0.05, 0) is 19.9 Å². The van der Waals surface area contributed by atoms with Crippen molar-refractivity contribution in [1.82, 2.24) is 10.2 Å². The van der Waals surface area contributed by atoms with E-state index in [1.54, 1.807) is 0 Å². The van der Waals surface area contributed by atoms with Gasteiger partial charge in [0.2, 0.25) is 0 Å². The molecule has 12 heavy (non-hydrogen) atoms. The van der Waals surface area contributed by atoms with Gasteiger partial charge in [-0.1, -0.05) is 0 Å². The Labute approximate surface area is 74.4 Å². The zero-order valence-corrected chi connectivity index (χ0v) is 7.71. The molecule has 3 nitrogen and oxygen atoms in total. The summed E-state index contributed by atoms with van der Waals surface area (Å²) in [6.07, 6.45) is 1.71. The average molecular weight is 167 g/mol. The van der Waals surface area contributed by atoms with Crippen molar-refractivity contribution in [3.05, 3.63) is 0 Å². The maximum Gasteiger partial charge on any atom is 0.0622 e. The van der Waals surface area contributed by atoms with Crippen molar-refractivity contribution >= 4 is 0 Å². The predicted octanol–water partition coefficient (Wildman–Crippen LogP) is 0.584. The van der Waals surface area contributed by atoms with Gasteiger partial charge in [-0.2, -0.15) is 5.26 Å². The Kier molecular flexibility index (Phi) is 4.06. The van der Waals surface area contributed by atoms with E-state index in [0.717, 1.165) is 32.6 Å². The summed E-state index contributed by atoms with van der Waals surface area (Å²) in [5.74, 6) is 0. The Hall–Kier alpha value is -0.590. The summed E-state index contributed by atoms with van der Waals surface area (Å²) < 4.78 is 0. The molecule has 1 atom stereocenters. The van der Waals surface area contributed by atoms with Gasteiger partial charge < -0.3 is 5.32 Å². The zero-order valence-electron chi connectivity index (χ0n) is 7.71. The van der Waals surface area contributed by atoms with E-state index in [1.165, 1.54) is 0 Å². The molecule has 0 bridgehead atoms. The van der Waals surface area contributed by atoms with Gasteiger partial charge in [-0.25, -0.2) is 0 Å². The van der Waals surface area contributed by atoms with Crippen molar-refractivity contribution in [1.29, 1.82) is 5.26 Å². The van der Waals surface area contributed by atoms with E-state index in [0.29, 0.717) is 12.5 Å². The number of nitriles is 1. The molecule has 0 unspecified atom stereocenters. The maximum absolute atomic E-state index is 8.38. The SMILES string of the molecule is C[C@@H]1CNCCN1CCCC#N. The molecule has 1 N–H and O–H groups in total. The second kappa shape index (κ2) is 5.13. The monoisotopic (exact) mass is 167 g/mol. The van der Waals surface area contributed by atoms with Crippen molar-refractivity contribution in [2.45, 2.75) is 25.8 Å². The van der Waals surface area contributed by atoms with Gasteiger partial charge in [0.05, 0.1) is 6.07 Å². The molecule has 0 spiro atoms. The van der Waals surface area contributed by atoms with Gasteiger partial charge in [0.15, 0.2) is 0 Å². The maximum atomic E-state index is 8.38. The van der Waals surface area contributed by atoms with Gasteiger partial charge in [0.25, 0.3) is 0 Å². The molecular formula is C9H17N3. The molecule has 0 aromatic rings. The van der Waals surface area contributed by atoms with Crippen LogP contribution in [0.5, 0.6) is 0 Å². The smallest absolute Gasteiger partial charge is 0.0622 e. The van der Waals surface area contributed by atoms with Crippen LogP contribution in [-0.4, -0.2) is 37.1 Å². The number of hydrogen-bond donors (Lipinski definition) is 1. The van der Waals surface area contributed by atoms with Crippen LogP contribution in [0.15, 0.2) is 0 Å². The van der Waals surface area contributed by atoms with Crippen LogP contribution >= 0.6 is 0 Å². The number of rotatable bonds is 3. The summed E-state index contributed by atoms with van der Waals surface area (Å²) in [7, 11) is 0. The Balaban J connectivity index is 2.16. The van der Waals surface area contributed by atoms with Crippen LogP contribution in [-0.2, 0) is 0 Å². The fourth-order valence-electron chi connectivity index (χ4n) is 1.58. The third kappa shape index (κ3) is 2.80. The highest BCUT2D eigenvalue weighted by Gasteiger charge is 2.16. The summed E-state index contributed by atoms with van der Waals surface area (Å²) in [6.45, 7) is 6.63. The van der Waals surface area contributed by atoms with E-state index in [2.05, 4.69) is 23.2 Å². The first-order valence-electron chi connectivity index (χ1n) is 4.66. The fourth-order valence-corrected chi connectivity index (χ4v) is 1.58. The lowest BCUT2D eigenvalue weighted by Gasteiger charge is -2.33. The molecule has 1 heterocycles. The average Bonchev–Trinajstić information content (AvgIpc) is 2.09. The first-order valence-corrected chi connectivity index (χ1v) is 4.66. The third-order valence-electron chi connectivity index (χ3n) is 2.37. The van der Waals surface area contributed by atoms with Crippen molar-refractivity contribution in [2.24, 2.45) is 0 Å². The fraction of sp³-hybridized carbons (Fsp3) is 0.889. The molecule has 0 aromatic heterocycles. The minimum absolute atomic E-state index is 0.637. The minimum Gasteiger partial charge on any atom is -0.314 e. The zero-order chi connectivity index (χ0) is 8.81. The van der Waals surface area contributed by atoms with Crippen LogP contribution in [0.4, 0.5) is 0 Å². The Morgan fingerprint density at radius 1 is 1.67 bits per heavy atom. The molecule has 0 saturated carbocycles. The second-order valence-electron chi connectivity index (χ2n) is 3.35. The molecule has 68 valence electrons. The van der Waals surface area contributed by atoms with E-state index in [-0.39, 0.29) is 0 Å². The highest BCUT2D eigenvalue weighted by atomic mass is 15.2. The molecule has 0 amide bonds. The Bertz CT molecular complexity index is 162. The Morgan fingerprint density at radius 3 is 3.17 bits per heavy atom. The van der Waals surface area contributed by atoms with E-state index < -0.39 is 0 Å². The van der Waals surface area contributed by atoms with E-state index >= 15 is 0 Å². The quantitative estimate of drug-likeness (QED) is 0.625. The molecule has 0 aliphatic carbocycles. The Morgan fingerprint density at radius 2 is 2.50 bits per heavy atom. The topological polar surface area (TPSA) is 39.1 Å². The predicted molar refractivity (Wildman–Crippen MR) is 48.8 cm³/mol. The second-order valence-corrected chi connectivity index (χ2v) is 3.35. The number of piperazine rings is 1. The van der Waals surface area contributed by atoms with Gasteiger partial charge in [-0.3, -0.25) is 4.90 Å². The molecule has 1 fully saturated rings. The van der Waals surface area contributed by atoms with E-state index in [4.69, 9.17) is 5.26 Å². The third-order valence-corrected chi connectivity index (χ3v) is 2.37. The van der Waals surface area contributed by atoms with Crippen LogP contribution in [0.2, 0.25) is 0 Å². The van der Waals surface area contributed by atoms with Crippen LogP contribution in [0, 0.1) is 11.3 Å².